The molecule has 2 rings (SSSR count). The van der Waals surface area contributed by atoms with E-state index in [0.29, 0.717) is 5.02 Å². The Kier molecular flexibility index (Phi) is 5.88. The van der Waals surface area contributed by atoms with E-state index in [1.807, 2.05) is 0 Å². The summed E-state index contributed by atoms with van der Waals surface area (Å²) in [5.74, 6) is -1.55. The second-order valence-electron chi connectivity index (χ2n) is 4.77. The third kappa shape index (κ3) is 5.04. The third-order valence-electron chi connectivity index (χ3n) is 3.01. The molecule has 7 nitrogen and oxygen atoms in total. The summed E-state index contributed by atoms with van der Waals surface area (Å²) in [6.45, 7) is 0. The standard InChI is InChI=1S/C15H14ClN3O4S/c16-12-3-5-13(6-4-12)24(22,23)9-7-14(20)18-19-15(21)11-2-1-8-17-10-11/h1-6,8,10H,7,9H2,(H,18,20)(H,19,21). The zero-order valence-corrected chi connectivity index (χ0v) is 14.0. The Morgan fingerprint density at radius 1 is 1.08 bits per heavy atom. The van der Waals surface area contributed by atoms with Gasteiger partial charge in [0.05, 0.1) is 16.2 Å². The summed E-state index contributed by atoms with van der Waals surface area (Å²) in [5, 5.41) is 0.421. The molecule has 0 unspecified atom stereocenters. The lowest BCUT2D eigenvalue weighted by Gasteiger charge is -2.08. The normalized spacial score (nSPS) is 10.9. The summed E-state index contributed by atoms with van der Waals surface area (Å²) in [5.41, 5.74) is 4.62. The summed E-state index contributed by atoms with van der Waals surface area (Å²) < 4.78 is 24.2. The van der Waals surface area contributed by atoms with Gasteiger partial charge in [0.15, 0.2) is 9.84 Å². The van der Waals surface area contributed by atoms with E-state index >= 15 is 0 Å². The van der Waals surface area contributed by atoms with Crippen molar-refractivity contribution in [2.75, 3.05) is 5.75 Å². The minimum atomic E-state index is -3.61. The van der Waals surface area contributed by atoms with Gasteiger partial charge in [-0.05, 0) is 36.4 Å². The number of rotatable bonds is 5. The monoisotopic (exact) mass is 367 g/mol. The van der Waals surface area contributed by atoms with Crippen LogP contribution in [0, 0.1) is 0 Å². The summed E-state index contributed by atoms with van der Waals surface area (Å²) in [4.78, 5) is 27.3. The van der Waals surface area contributed by atoms with Crippen LogP contribution in [0.15, 0.2) is 53.7 Å². The fraction of sp³-hybridized carbons (Fsp3) is 0.133. The van der Waals surface area contributed by atoms with Crippen LogP contribution in [0.1, 0.15) is 16.8 Å². The van der Waals surface area contributed by atoms with Crippen LogP contribution in [-0.2, 0) is 14.6 Å². The second-order valence-corrected chi connectivity index (χ2v) is 7.31. The first-order valence-corrected chi connectivity index (χ1v) is 8.89. The van der Waals surface area contributed by atoms with Crippen LogP contribution >= 0.6 is 11.6 Å². The van der Waals surface area contributed by atoms with E-state index in [2.05, 4.69) is 15.8 Å². The molecule has 0 saturated heterocycles. The van der Waals surface area contributed by atoms with Crippen molar-refractivity contribution in [1.82, 2.24) is 15.8 Å². The molecule has 24 heavy (non-hydrogen) atoms. The van der Waals surface area contributed by atoms with Crippen molar-refractivity contribution in [3.63, 3.8) is 0 Å². The van der Waals surface area contributed by atoms with Crippen LogP contribution < -0.4 is 10.9 Å². The minimum Gasteiger partial charge on any atom is -0.273 e. The highest BCUT2D eigenvalue weighted by Crippen LogP contribution is 2.15. The third-order valence-corrected chi connectivity index (χ3v) is 4.99. The van der Waals surface area contributed by atoms with Crippen LogP contribution in [0.5, 0.6) is 0 Å². The van der Waals surface area contributed by atoms with Crippen LogP contribution in [0.4, 0.5) is 0 Å². The van der Waals surface area contributed by atoms with E-state index in [-0.39, 0.29) is 22.6 Å². The molecule has 0 fully saturated rings. The molecule has 2 N–H and O–H groups in total. The lowest BCUT2D eigenvalue weighted by molar-refractivity contribution is -0.121. The number of pyridine rings is 1. The highest BCUT2D eigenvalue weighted by molar-refractivity contribution is 7.91. The smallest absolute Gasteiger partial charge is 0.271 e. The summed E-state index contributed by atoms with van der Waals surface area (Å²) in [6.07, 6.45) is 2.56. The second kappa shape index (κ2) is 7.89. The Morgan fingerprint density at radius 2 is 1.79 bits per heavy atom. The molecule has 0 spiro atoms. The average molecular weight is 368 g/mol. The van der Waals surface area contributed by atoms with E-state index in [1.54, 1.807) is 6.07 Å². The lowest BCUT2D eigenvalue weighted by Crippen LogP contribution is -2.42. The number of hydrogen-bond donors (Lipinski definition) is 2. The maximum atomic E-state index is 12.1. The van der Waals surface area contributed by atoms with Crippen LogP contribution in [0.2, 0.25) is 5.02 Å². The molecule has 2 aromatic rings. The molecule has 2 amide bonds. The number of amides is 2. The first-order chi connectivity index (χ1) is 11.4. The fourth-order valence-corrected chi connectivity index (χ4v) is 3.11. The number of carbonyl (C=O) groups excluding carboxylic acids is 2. The Bertz CT molecular complexity index is 824. The zero-order chi connectivity index (χ0) is 17.6. The number of hydrogen-bond acceptors (Lipinski definition) is 5. The summed E-state index contributed by atoms with van der Waals surface area (Å²) in [7, 11) is -3.61. The van der Waals surface area contributed by atoms with E-state index in [9.17, 15) is 18.0 Å². The molecule has 1 heterocycles. The van der Waals surface area contributed by atoms with Crippen LogP contribution in [-0.4, -0.2) is 31.0 Å². The Labute approximate surface area is 143 Å². The average Bonchev–Trinajstić information content (AvgIpc) is 2.59. The molecule has 9 heteroatoms. The summed E-state index contributed by atoms with van der Waals surface area (Å²) in [6, 6.07) is 8.78. The molecule has 126 valence electrons. The van der Waals surface area contributed by atoms with Gasteiger partial charge in [-0.2, -0.15) is 0 Å². The van der Waals surface area contributed by atoms with Crippen LogP contribution in [0.3, 0.4) is 0 Å². The molecule has 0 radical (unpaired) electrons. The number of benzene rings is 1. The maximum absolute atomic E-state index is 12.1. The minimum absolute atomic E-state index is 0.0825. The molecule has 0 atom stereocenters. The molecule has 0 aliphatic rings. The van der Waals surface area contributed by atoms with Gasteiger partial charge in [0, 0.05) is 23.8 Å². The highest BCUT2D eigenvalue weighted by Gasteiger charge is 2.16. The molecule has 0 aliphatic carbocycles. The SMILES string of the molecule is O=C(CCS(=O)(=O)c1ccc(Cl)cc1)NNC(=O)c1cccnc1. The largest absolute Gasteiger partial charge is 0.273 e. The van der Waals surface area contributed by atoms with Crippen molar-refractivity contribution >= 4 is 33.3 Å². The predicted octanol–water partition coefficient (Wildman–Crippen LogP) is 1.36. The quantitative estimate of drug-likeness (QED) is 0.776. The van der Waals surface area contributed by atoms with Crippen LogP contribution in [0.25, 0.3) is 0 Å². The van der Waals surface area contributed by atoms with Gasteiger partial charge in [0.25, 0.3) is 5.91 Å². The van der Waals surface area contributed by atoms with Gasteiger partial charge in [-0.1, -0.05) is 11.6 Å². The van der Waals surface area contributed by atoms with Crippen molar-refractivity contribution in [2.45, 2.75) is 11.3 Å². The first kappa shape index (κ1) is 17.9. The van der Waals surface area contributed by atoms with E-state index < -0.39 is 21.7 Å². The van der Waals surface area contributed by atoms with Gasteiger partial charge in [-0.25, -0.2) is 8.42 Å². The predicted molar refractivity (Wildman–Crippen MR) is 88.0 cm³/mol. The van der Waals surface area contributed by atoms with Crippen molar-refractivity contribution in [2.24, 2.45) is 0 Å². The lowest BCUT2D eigenvalue weighted by atomic mass is 10.3. The highest BCUT2D eigenvalue weighted by atomic mass is 35.5. The summed E-state index contributed by atoms with van der Waals surface area (Å²) >= 11 is 5.71. The van der Waals surface area contributed by atoms with E-state index in [0.717, 1.165) is 0 Å². The molecular weight excluding hydrogens is 354 g/mol. The van der Waals surface area contributed by atoms with E-state index in [1.165, 1.54) is 42.7 Å². The first-order valence-electron chi connectivity index (χ1n) is 6.86. The number of carbonyl (C=O) groups is 2. The number of hydrazine groups is 1. The van der Waals surface area contributed by atoms with Gasteiger partial charge in [0.1, 0.15) is 0 Å². The Balaban J connectivity index is 1.84. The fourth-order valence-electron chi connectivity index (χ4n) is 1.75. The number of nitrogens with one attached hydrogen (secondary N) is 2. The van der Waals surface area contributed by atoms with Crippen molar-refractivity contribution in [1.29, 1.82) is 0 Å². The van der Waals surface area contributed by atoms with Gasteiger partial charge >= 0.3 is 0 Å². The Morgan fingerprint density at radius 3 is 2.42 bits per heavy atom. The molecule has 0 saturated carbocycles. The zero-order valence-electron chi connectivity index (χ0n) is 12.4. The number of aromatic nitrogens is 1. The van der Waals surface area contributed by atoms with E-state index in [4.69, 9.17) is 11.6 Å². The number of sulfone groups is 1. The molecule has 0 bridgehead atoms. The van der Waals surface area contributed by atoms with Crippen molar-refractivity contribution in [3.05, 3.63) is 59.4 Å². The van der Waals surface area contributed by atoms with Gasteiger partial charge in [0.2, 0.25) is 5.91 Å². The number of halogens is 1. The maximum Gasteiger partial charge on any atom is 0.271 e. The molecule has 0 aliphatic heterocycles. The van der Waals surface area contributed by atoms with Crippen molar-refractivity contribution < 1.29 is 18.0 Å². The van der Waals surface area contributed by atoms with Gasteiger partial charge in [-0.15, -0.1) is 0 Å². The molecule has 1 aromatic heterocycles. The van der Waals surface area contributed by atoms with Gasteiger partial charge in [-0.3, -0.25) is 25.4 Å². The Hall–Kier alpha value is -2.45. The van der Waals surface area contributed by atoms with Crippen molar-refractivity contribution in [3.8, 4) is 0 Å². The number of nitrogens with zero attached hydrogens (tertiary/aromatic N) is 1. The molecule has 1 aromatic carbocycles. The molecular formula is C15H14ClN3O4S. The van der Waals surface area contributed by atoms with Gasteiger partial charge < -0.3 is 0 Å². The topological polar surface area (TPSA) is 105 Å².